The first-order valence-corrected chi connectivity index (χ1v) is 8.74. The van der Waals surface area contributed by atoms with Gasteiger partial charge in [0.05, 0.1) is 13.0 Å². The zero-order valence-electron chi connectivity index (χ0n) is 14.0. The molecular formula is C18H21FN4O2. The molecule has 0 bridgehead atoms. The lowest BCUT2D eigenvalue weighted by atomic mass is 10.1. The standard InChI is InChI=1S/C18H21FN4O2/c19-15-5-1-13(2-6-15)11-17(24)23-9-7-22(8-10-23)12-16-20-18(21-25-16)14-3-4-14/h1-2,5-6,14H,3-4,7-12H2. The molecule has 132 valence electrons. The van der Waals surface area contributed by atoms with Crippen LogP contribution in [0.3, 0.4) is 0 Å². The summed E-state index contributed by atoms with van der Waals surface area (Å²) in [6, 6.07) is 6.11. The number of amides is 1. The Balaban J connectivity index is 1.25. The highest BCUT2D eigenvalue weighted by molar-refractivity contribution is 5.78. The maximum absolute atomic E-state index is 12.9. The van der Waals surface area contributed by atoms with Crippen LogP contribution in [0.1, 0.15) is 36.0 Å². The zero-order valence-corrected chi connectivity index (χ0v) is 14.0. The summed E-state index contributed by atoms with van der Waals surface area (Å²) in [7, 11) is 0. The highest BCUT2D eigenvalue weighted by Crippen LogP contribution is 2.38. The number of aromatic nitrogens is 2. The SMILES string of the molecule is O=C(Cc1ccc(F)cc1)N1CCN(Cc2nc(C3CC3)no2)CC1. The molecule has 1 aliphatic carbocycles. The molecule has 7 heteroatoms. The van der Waals surface area contributed by atoms with Gasteiger partial charge in [-0.05, 0) is 30.5 Å². The van der Waals surface area contributed by atoms with Gasteiger partial charge < -0.3 is 9.42 Å². The molecule has 0 unspecified atom stereocenters. The topological polar surface area (TPSA) is 62.5 Å². The largest absolute Gasteiger partial charge is 0.340 e. The van der Waals surface area contributed by atoms with Gasteiger partial charge in [0.15, 0.2) is 5.82 Å². The maximum Gasteiger partial charge on any atom is 0.240 e. The zero-order chi connectivity index (χ0) is 17.2. The molecular weight excluding hydrogens is 323 g/mol. The van der Waals surface area contributed by atoms with Crippen molar-refractivity contribution in [2.24, 2.45) is 0 Å². The Morgan fingerprint density at radius 2 is 1.88 bits per heavy atom. The van der Waals surface area contributed by atoms with Crippen molar-refractivity contribution in [3.05, 3.63) is 47.4 Å². The third kappa shape index (κ3) is 4.04. The third-order valence-electron chi connectivity index (χ3n) is 4.78. The maximum atomic E-state index is 12.9. The van der Waals surface area contributed by atoms with Gasteiger partial charge in [-0.15, -0.1) is 0 Å². The quantitative estimate of drug-likeness (QED) is 0.830. The molecule has 2 aliphatic rings. The minimum absolute atomic E-state index is 0.0834. The number of rotatable bonds is 5. The van der Waals surface area contributed by atoms with Gasteiger partial charge in [-0.2, -0.15) is 4.98 Å². The summed E-state index contributed by atoms with van der Waals surface area (Å²) in [6.07, 6.45) is 2.64. The Bertz CT molecular complexity index is 734. The van der Waals surface area contributed by atoms with Crippen LogP contribution in [0.4, 0.5) is 4.39 Å². The van der Waals surface area contributed by atoms with E-state index in [1.54, 1.807) is 12.1 Å². The van der Waals surface area contributed by atoms with Crippen LogP contribution in [0.2, 0.25) is 0 Å². The van der Waals surface area contributed by atoms with Gasteiger partial charge in [0.2, 0.25) is 11.8 Å². The minimum atomic E-state index is -0.282. The molecule has 1 aromatic heterocycles. The van der Waals surface area contributed by atoms with Gasteiger partial charge in [0, 0.05) is 32.1 Å². The molecule has 1 aromatic carbocycles. The van der Waals surface area contributed by atoms with Crippen molar-refractivity contribution in [3.63, 3.8) is 0 Å². The van der Waals surface area contributed by atoms with Crippen LogP contribution in [0.15, 0.2) is 28.8 Å². The second-order valence-corrected chi connectivity index (χ2v) is 6.78. The van der Waals surface area contributed by atoms with Crippen LogP contribution in [0.25, 0.3) is 0 Å². The smallest absolute Gasteiger partial charge is 0.240 e. The van der Waals surface area contributed by atoms with Crippen molar-refractivity contribution < 1.29 is 13.7 Å². The predicted octanol–water partition coefficient (Wildman–Crippen LogP) is 1.97. The predicted molar refractivity (Wildman–Crippen MR) is 88.2 cm³/mol. The number of piperazine rings is 1. The lowest BCUT2D eigenvalue weighted by Gasteiger charge is -2.34. The van der Waals surface area contributed by atoms with E-state index in [0.717, 1.165) is 37.3 Å². The molecule has 1 saturated heterocycles. The Morgan fingerprint density at radius 1 is 1.16 bits per heavy atom. The average Bonchev–Trinajstić information content (AvgIpc) is 3.37. The molecule has 1 aliphatic heterocycles. The van der Waals surface area contributed by atoms with E-state index in [1.807, 2.05) is 4.90 Å². The van der Waals surface area contributed by atoms with Gasteiger partial charge >= 0.3 is 0 Å². The van der Waals surface area contributed by atoms with Gasteiger partial charge in [-0.1, -0.05) is 17.3 Å². The van der Waals surface area contributed by atoms with E-state index >= 15 is 0 Å². The molecule has 2 aromatic rings. The molecule has 0 atom stereocenters. The van der Waals surface area contributed by atoms with Gasteiger partial charge in [-0.3, -0.25) is 9.69 Å². The Kier molecular flexibility index (Phi) is 4.48. The molecule has 0 N–H and O–H groups in total. The molecule has 1 amide bonds. The van der Waals surface area contributed by atoms with E-state index in [2.05, 4.69) is 15.0 Å². The fourth-order valence-electron chi connectivity index (χ4n) is 3.07. The van der Waals surface area contributed by atoms with E-state index in [-0.39, 0.29) is 11.7 Å². The first-order chi connectivity index (χ1) is 12.2. The molecule has 2 heterocycles. The van der Waals surface area contributed by atoms with Crippen LogP contribution in [0.5, 0.6) is 0 Å². The van der Waals surface area contributed by atoms with Crippen LogP contribution in [-0.4, -0.2) is 52.0 Å². The van der Waals surface area contributed by atoms with E-state index < -0.39 is 0 Å². The summed E-state index contributed by atoms with van der Waals surface area (Å²) in [6.45, 7) is 3.58. The number of carbonyl (C=O) groups is 1. The summed E-state index contributed by atoms with van der Waals surface area (Å²) in [5, 5.41) is 4.04. The molecule has 6 nitrogen and oxygen atoms in total. The molecule has 0 spiro atoms. The molecule has 4 rings (SSSR count). The molecule has 2 fully saturated rings. The number of nitrogens with zero attached hydrogens (tertiary/aromatic N) is 4. The number of carbonyl (C=O) groups excluding carboxylic acids is 1. The molecule has 1 saturated carbocycles. The third-order valence-corrected chi connectivity index (χ3v) is 4.78. The van der Waals surface area contributed by atoms with E-state index in [1.165, 1.54) is 12.1 Å². The normalized spacial score (nSPS) is 18.5. The van der Waals surface area contributed by atoms with Gasteiger partial charge in [-0.25, -0.2) is 4.39 Å². The minimum Gasteiger partial charge on any atom is -0.340 e. The lowest BCUT2D eigenvalue weighted by molar-refractivity contribution is -0.132. The fraction of sp³-hybridized carbons (Fsp3) is 0.500. The van der Waals surface area contributed by atoms with E-state index in [0.29, 0.717) is 37.9 Å². The Labute approximate surface area is 145 Å². The fourth-order valence-corrected chi connectivity index (χ4v) is 3.07. The Morgan fingerprint density at radius 3 is 2.56 bits per heavy atom. The van der Waals surface area contributed by atoms with E-state index in [9.17, 15) is 9.18 Å². The summed E-state index contributed by atoms with van der Waals surface area (Å²) in [4.78, 5) is 20.9. The second-order valence-electron chi connectivity index (χ2n) is 6.78. The number of halogens is 1. The van der Waals surface area contributed by atoms with Crippen molar-refractivity contribution in [1.82, 2.24) is 19.9 Å². The van der Waals surface area contributed by atoms with Crippen molar-refractivity contribution in [1.29, 1.82) is 0 Å². The van der Waals surface area contributed by atoms with Crippen molar-refractivity contribution in [2.75, 3.05) is 26.2 Å². The summed E-state index contributed by atoms with van der Waals surface area (Å²) >= 11 is 0. The first-order valence-electron chi connectivity index (χ1n) is 8.74. The van der Waals surface area contributed by atoms with Crippen molar-refractivity contribution in [2.45, 2.75) is 31.7 Å². The van der Waals surface area contributed by atoms with Crippen LogP contribution in [-0.2, 0) is 17.8 Å². The monoisotopic (exact) mass is 344 g/mol. The summed E-state index contributed by atoms with van der Waals surface area (Å²) in [5.41, 5.74) is 0.840. The summed E-state index contributed by atoms with van der Waals surface area (Å²) < 4.78 is 18.2. The van der Waals surface area contributed by atoms with Crippen molar-refractivity contribution >= 4 is 5.91 Å². The van der Waals surface area contributed by atoms with Crippen LogP contribution in [0, 0.1) is 5.82 Å². The van der Waals surface area contributed by atoms with E-state index in [4.69, 9.17) is 4.52 Å². The second kappa shape index (κ2) is 6.92. The van der Waals surface area contributed by atoms with Crippen LogP contribution >= 0.6 is 0 Å². The van der Waals surface area contributed by atoms with Crippen molar-refractivity contribution in [3.8, 4) is 0 Å². The number of hydrogen-bond acceptors (Lipinski definition) is 5. The Hall–Kier alpha value is -2.28. The average molecular weight is 344 g/mol. The highest BCUT2D eigenvalue weighted by atomic mass is 19.1. The highest BCUT2D eigenvalue weighted by Gasteiger charge is 2.29. The van der Waals surface area contributed by atoms with Gasteiger partial charge in [0.1, 0.15) is 5.82 Å². The number of benzene rings is 1. The molecule has 0 radical (unpaired) electrons. The van der Waals surface area contributed by atoms with Gasteiger partial charge in [0.25, 0.3) is 0 Å². The molecule has 25 heavy (non-hydrogen) atoms. The number of hydrogen-bond donors (Lipinski definition) is 0. The lowest BCUT2D eigenvalue weighted by Crippen LogP contribution is -2.48. The first kappa shape index (κ1) is 16.2. The summed E-state index contributed by atoms with van der Waals surface area (Å²) in [5.74, 6) is 1.80. The van der Waals surface area contributed by atoms with Crippen LogP contribution < -0.4 is 0 Å².